The van der Waals surface area contributed by atoms with Crippen LogP contribution in [0.25, 0.3) is 11.0 Å². The minimum absolute atomic E-state index is 0.0301. The minimum Gasteiger partial charge on any atom is -0.330 e. The highest BCUT2D eigenvalue weighted by molar-refractivity contribution is 5.77. The number of aryl methyl sites for hydroxylation is 1. The zero-order chi connectivity index (χ0) is 16.0. The molecule has 0 fully saturated rings. The molecule has 1 aromatic heterocycles. The third-order valence-corrected chi connectivity index (χ3v) is 2.96. The summed E-state index contributed by atoms with van der Waals surface area (Å²) >= 11 is 0. The van der Waals surface area contributed by atoms with E-state index in [0.29, 0.717) is 4.57 Å². The van der Waals surface area contributed by atoms with Crippen molar-refractivity contribution in [1.29, 1.82) is 5.26 Å². The second-order valence-corrected chi connectivity index (χ2v) is 4.36. The van der Waals surface area contributed by atoms with Gasteiger partial charge in [0.2, 0.25) is 5.92 Å². The first-order valence-corrected chi connectivity index (χ1v) is 5.55. The summed E-state index contributed by atoms with van der Waals surface area (Å²) in [5.74, 6) is -4.83. The number of nitriles is 1. The molecule has 2 aromatic rings. The van der Waals surface area contributed by atoms with Crippen molar-refractivity contribution in [2.24, 2.45) is 7.05 Å². The zero-order valence-electron chi connectivity index (χ0n) is 10.4. The quantitative estimate of drug-likeness (QED) is 0.755. The summed E-state index contributed by atoms with van der Waals surface area (Å²) in [5.41, 5.74) is 0.111. The molecule has 0 saturated heterocycles. The van der Waals surface area contributed by atoms with Crippen molar-refractivity contribution in [2.75, 3.05) is 0 Å². The van der Waals surface area contributed by atoms with Crippen LogP contribution in [0, 0.1) is 11.3 Å². The molecule has 0 atom stereocenters. The van der Waals surface area contributed by atoms with Crippen LogP contribution in [0.3, 0.4) is 0 Å². The Morgan fingerprint density at radius 1 is 1.14 bits per heavy atom. The Kier molecular flexibility index (Phi) is 3.35. The van der Waals surface area contributed by atoms with Crippen LogP contribution in [0.2, 0.25) is 0 Å². The Hall–Kier alpha value is -2.24. The number of hydrogen-bond acceptors (Lipinski definition) is 2. The van der Waals surface area contributed by atoms with Gasteiger partial charge in [-0.05, 0) is 18.2 Å². The smallest absolute Gasteiger partial charge is 0.330 e. The predicted octanol–water partition coefficient (Wildman–Crippen LogP) is 3.65. The molecule has 0 radical (unpaired) electrons. The maximum Gasteiger partial charge on any atom is 0.407 e. The Morgan fingerprint density at radius 2 is 1.71 bits per heavy atom. The molecule has 112 valence electrons. The van der Waals surface area contributed by atoms with Gasteiger partial charge in [-0.3, -0.25) is 0 Å². The SMILES string of the molecule is Cn1c(C(C(F)(F)F)C(F)(F)F)nc2ccc(C#N)cc21. The van der Waals surface area contributed by atoms with Crippen molar-refractivity contribution in [3.8, 4) is 6.07 Å². The molecule has 3 nitrogen and oxygen atoms in total. The van der Waals surface area contributed by atoms with E-state index in [4.69, 9.17) is 5.26 Å². The van der Waals surface area contributed by atoms with E-state index in [1.54, 1.807) is 6.07 Å². The van der Waals surface area contributed by atoms with Gasteiger partial charge in [0.25, 0.3) is 0 Å². The van der Waals surface area contributed by atoms with E-state index < -0.39 is 24.1 Å². The number of rotatable bonds is 1. The zero-order valence-corrected chi connectivity index (χ0v) is 10.4. The third-order valence-electron chi connectivity index (χ3n) is 2.96. The summed E-state index contributed by atoms with van der Waals surface area (Å²) < 4.78 is 77.1. The second kappa shape index (κ2) is 4.65. The Morgan fingerprint density at radius 3 is 2.19 bits per heavy atom. The molecule has 1 heterocycles. The Labute approximate surface area is 114 Å². The molecule has 0 bridgehead atoms. The van der Waals surface area contributed by atoms with Gasteiger partial charge in [-0.15, -0.1) is 0 Å². The number of nitrogens with zero attached hydrogens (tertiary/aromatic N) is 3. The van der Waals surface area contributed by atoms with Crippen LogP contribution in [0.4, 0.5) is 26.3 Å². The van der Waals surface area contributed by atoms with Crippen LogP contribution in [-0.4, -0.2) is 21.9 Å². The van der Waals surface area contributed by atoms with Crippen molar-refractivity contribution in [2.45, 2.75) is 18.3 Å². The maximum absolute atomic E-state index is 12.7. The van der Waals surface area contributed by atoms with Crippen LogP contribution in [0.5, 0.6) is 0 Å². The minimum atomic E-state index is -5.51. The van der Waals surface area contributed by atoms with Gasteiger partial charge in [-0.1, -0.05) is 0 Å². The molecule has 21 heavy (non-hydrogen) atoms. The molecule has 2 rings (SSSR count). The van der Waals surface area contributed by atoms with E-state index in [-0.39, 0.29) is 16.6 Å². The average molecular weight is 307 g/mol. The number of halogens is 6. The topological polar surface area (TPSA) is 41.6 Å². The Bertz CT molecular complexity index is 705. The first-order valence-electron chi connectivity index (χ1n) is 5.55. The van der Waals surface area contributed by atoms with E-state index >= 15 is 0 Å². The molecular weight excluding hydrogens is 300 g/mol. The maximum atomic E-state index is 12.7. The number of aromatic nitrogens is 2. The fourth-order valence-electron chi connectivity index (χ4n) is 2.01. The first kappa shape index (κ1) is 15.2. The highest BCUT2D eigenvalue weighted by Crippen LogP contribution is 2.46. The Balaban J connectivity index is 2.71. The van der Waals surface area contributed by atoms with Crippen LogP contribution >= 0.6 is 0 Å². The van der Waals surface area contributed by atoms with E-state index in [9.17, 15) is 26.3 Å². The summed E-state index contributed by atoms with van der Waals surface area (Å²) in [4.78, 5) is 3.43. The third kappa shape index (κ3) is 2.66. The molecule has 0 aliphatic heterocycles. The number of imidazole rings is 1. The molecule has 0 aliphatic carbocycles. The van der Waals surface area contributed by atoms with E-state index in [0.717, 1.165) is 7.05 Å². The summed E-state index contributed by atoms with van der Waals surface area (Å²) in [7, 11) is 1.05. The molecule has 9 heteroatoms. The lowest BCUT2D eigenvalue weighted by molar-refractivity contribution is -0.255. The van der Waals surface area contributed by atoms with Gasteiger partial charge >= 0.3 is 12.4 Å². The summed E-state index contributed by atoms with van der Waals surface area (Å²) in [6, 6.07) is 5.43. The summed E-state index contributed by atoms with van der Waals surface area (Å²) in [6.45, 7) is 0. The molecule has 0 spiro atoms. The first-order chi connectivity index (χ1) is 9.55. The highest BCUT2D eigenvalue weighted by Gasteiger charge is 2.59. The molecule has 0 N–H and O–H groups in total. The van der Waals surface area contributed by atoms with Gasteiger partial charge in [0, 0.05) is 7.05 Å². The number of hydrogen-bond donors (Lipinski definition) is 0. The van der Waals surface area contributed by atoms with Crippen molar-refractivity contribution in [3.05, 3.63) is 29.6 Å². The normalized spacial score (nSPS) is 12.9. The fourth-order valence-corrected chi connectivity index (χ4v) is 2.01. The molecule has 1 aromatic carbocycles. The molecular formula is C12H7F6N3. The number of benzene rings is 1. The lowest BCUT2D eigenvalue weighted by atomic mass is 10.1. The largest absolute Gasteiger partial charge is 0.407 e. The van der Waals surface area contributed by atoms with Crippen LogP contribution in [-0.2, 0) is 7.05 Å². The van der Waals surface area contributed by atoms with E-state index in [2.05, 4.69) is 4.98 Å². The summed E-state index contributed by atoms with van der Waals surface area (Å²) in [6.07, 6.45) is -11.0. The standard InChI is InChI=1S/C12H7F6N3/c1-21-8-4-6(5-19)2-3-7(8)20-10(21)9(11(13,14)15)12(16,17)18/h2-4,9H,1H3. The van der Waals surface area contributed by atoms with E-state index in [1.165, 1.54) is 18.2 Å². The van der Waals surface area contributed by atoms with Crippen molar-refractivity contribution in [3.63, 3.8) is 0 Å². The highest BCUT2D eigenvalue weighted by atomic mass is 19.4. The van der Waals surface area contributed by atoms with Crippen molar-refractivity contribution in [1.82, 2.24) is 9.55 Å². The van der Waals surface area contributed by atoms with Gasteiger partial charge in [-0.2, -0.15) is 31.6 Å². The molecule has 0 amide bonds. The van der Waals surface area contributed by atoms with Crippen LogP contribution in [0.1, 0.15) is 17.3 Å². The average Bonchev–Trinajstić information content (AvgIpc) is 2.63. The van der Waals surface area contributed by atoms with Crippen LogP contribution in [0.15, 0.2) is 18.2 Å². The molecule has 0 aliphatic rings. The number of fused-ring (bicyclic) bond motifs is 1. The van der Waals surface area contributed by atoms with E-state index in [1.807, 2.05) is 0 Å². The van der Waals surface area contributed by atoms with Gasteiger partial charge in [0.1, 0.15) is 5.82 Å². The lowest BCUT2D eigenvalue weighted by Gasteiger charge is -2.22. The van der Waals surface area contributed by atoms with Crippen molar-refractivity contribution >= 4 is 11.0 Å². The van der Waals surface area contributed by atoms with Gasteiger partial charge in [0.15, 0.2) is 0 Å². The van der Waals surface area contributed by atoms with Gasteiger partial charge in [0.05, 0.1) is 22.7 Å². The monoisotopic (exact) mass is 307 g/mol. The van der Waals surface area contributed by atoms with Crippen LogP contribution < -0.4 is 0 Å². The van der Waals surface area contributed by atoms with Gasteiger partial charge in [-0.25, -0.2) is 4.98 Å². The summed E-state index contributed by atoms with van der Waals surface area (Å²) in [5, 5.41) is 8.72. The molecule has 0 unspecified atom stereocenters. The second-order valence-electron chi connectivity index (χ2n) is 4.36. The van der Waals surface area contributed by atoms with Gasteiger partial charge < -0.3 is 4.57 Å². The van der Waals surface area contributed by atoms with Crippen molar-refractivity contribution < 1.29 is 26.3 Å². The predicted molar refractivity (Wildman–Crippen MR) is 60.3 cm³/mol. The number of alkyl halides is 6. The lowest BCUT2D eigenvalue weighted by Crippen LogP contribution is -2.36. The molecule has 0 saturated carbocycles. The fraction of sp³-hybridized carbons (Fsp3) is 0.333.